The molecule has 0 fully saturated rings. The molecule has 2 aromatic rings. The molecule has 0 saturated carbocycles. The highest BCUT2D eigenvalue weighted by molar-refractivity contribution is 7.98. The van der Waals surface area contributed by atoms with Crippen molar-refractivity contribution in [1.82, 2.24) is 5.32 Å². The molecule has 0 atom stereocenters. The number of benzene rings is 2. The van der Waals surface area contributed by atoms with Gasteiger partial charge in [-0.05, 0) is 42.3 Å². The first-order valence-electron chi connectivity index (χ1n) is 8.03. The second kappa shape index (κ2) is 10.3. The molecule has 0 bridgehead atoms. The number of halogens is 1. The van der Waals surface area contributed by atoms with Crippen molar-refractivity contribution in [2.75, 3.05) is 18.9 Å². The zero-order valence-electron chi connectivity index (χ0n) is 13.8. The Morgan fingerprint density at radius 1 is 1.17 bits per heavy atom. The maximum Gasteiger partial charge on any atom is 0.251 e. The Hall–Kier alpha value is -1.65. The molecule has 0 saturated heterocycles. The van der Waals surface area contributed by atoms with Gasteiger partial charge in [0.05, 0.1) is 6.61 Å². The monoisotopic (exact) mass is 363 g/mol. The van der Waals surface area contributed by atoms with E-state index in [4.69, 9.17) is 16.3 Å². The van der Waals surface area contributed by atoms with E-state index in [9.17, 15) is 4.79 Å². The largest absolute Gasteiger partial charge is 0.494 e. The molecule has 24 heavy (non-hydrogen) atoms. The van der Waals surface area contributed by atoms with Crippen LogP contribution in [0.4, 0.5) is 0 Å². The van der Waals surface area contributed by atoms with Crippen molar-refractivity contribution in [1.29, 1.82) is 0 Å². The van der Waals surface area contributed by atoms with Gasteiger partial charge in [0.1, 0.15) is 5.75 Å². The van der Waals surface area contributed by atoms with E-state index in [1.54, 1.807) is 23.9 Å². The summed E-state index contributed by atoms with van der Waals surface area (Å²) in [4.78, 5) is 12.1. The lowest BCUT2D eigenvalue weighted by Crippen LogP contribution is -2.25. The fourth-order valence-corrected chi connectivity index (χ4v) is 3.20. The van der Waals surface area contributed by atoms with E-state index < -0.39 is 0 Å². The molecule has 0 radical (unpaired) electrons. The van der Waals surface area contributed by atoms with Crippen LogP contribution in [0.5, 0.6) is 5.75 Å². The minimum absolute atomic E-state index is 0.0598. The van der Waals surface area contributed by atoms with Crippen molar-refractivity contribution in [2.24, 2.45) is 0 Å². The van der Waals surface area contributed by atoms with E-state index in [0.29, 0.717) is 18.7 Å². The fourth-order valence-electron chi connectivity index (χ4n) is 2.06. The molecule has 1 amide bonds. The van der Waals surface area contributed by atoms with Gasteiger partial charge in [0, 0.05) is 28.6 Å². The highest BCUT2D eigenvalue weighted by Gasteiger charge is 2.05. The van der Waals surface area contributed by atoms with Gasteiger partial charge in [-0.2, -0.15) is 11.8 Å². The number of nitrogens with one attached hydrogen (secondary N) is 1. The summed E-state index contributed by atoms with van der Waals surface area (Å²) in [6.45, 7) is 3.38. The van der Waals surface area contributed by atoms with Crippen molar-refractivity contribution < 1.29 is 9.53 Å². The molecular weight excluding hydrogens is 342 g/mol. The summed E-state index contributed by atoms with van der Waals surface area (Å²) in [5.41, 5.74) is 1.77. The molecule has 0 aliphatic heterocycles. The number of hydrogen-bond acceptors (Lipinski definition) is 3. The normalized spacial score (nSPS) is 10.4. The fraction of sp³-hybridized carbons (Fsp3) is 0.316. The molecule has 3 nitrogen and oxygen atoms in total. The van der Waals surface area contributed by atoms with Crippen molar-refractivity contribution in [3.8, 4) is 5.75 Å². The van der Waals surface area contributed by atoms with E-state index in [-0.39, 0.29) is 5.91 Å². The van der Waals surface area contributed by atoms with Crippen molar-refractivity contribution >= 4 is 29.3 Å². The van der Waals surface area contributed by atoms with Crippen LogP contribution < -0.4 is 10.1 Å². The second-order valence-electron chi connectivity index (χ2n) is 5.27. The van der Waals surface area contributed by atoms with E-state index in [2.05, 4.69) is 12.2 Å². The minimum Gasteiger partial charge on any atom is -0.494 e. The Labute approximate surface area is 152 Å². The Kier molecular flexibility index (Phi) is 7.99. The van der Waals surface area contributed by atoms with Gasteiger partial charge in [-0.1, -0.05) is 36.7 Å². The zero-order valence-corrected chi connectivity index (χ0v) is 15.3. The maximum atomic E-state index is 12.1. The standard InChI is InChI=1S/C19H22ClNO2S/c1-2-12-23-17-9-7-15(8-10-17)19(22)21-11-13-24-14-16-5-3-4-6-18(16)20/h3-10H,2,11-14H2,1H3,(H,21,22). The van der Waals surface area contributed by atoms with Crippen LogP contribution in [-0.4, -0.2) is 24.8 Å². The molecule has 1 N–H and O–H groups in total. The molecular formula is C19H22ClNO2S. The summed E-state index contributed by atoms with van der Waals surface area (Å²) < 4.78 is 5.51. The molecule has 2 rings (SSSR count). The van der Waals surface area contributed by atoms with Crippen LogP contribution >= 0.6 is 23.4 Å². The number of rotatable bonds is 9. The van der Waals surface area contributed by atoms with E-state index in [1.807, 2.05) is 36.4 Å². The van der Waals surface area contributed by atoms with Crippen molar-refractivity contribution in [3.05, 3.63) is 64.7 Å². The molecule has 2 aromatic carbocycles. The lowest BCUT2D eigenvalue weighted by molar-refractivity contribution is 0.0956. The van der Waals surface area contributed by atoms with Crippen LogP contribution in [0.2, 0.25) is 5.02 Å². The van der Waals surface area contributed by atoms with Gasteiger partial charge in [-0.3, -0.25) is 4.79 Å². The van der Waals surface area contributed by atoms with Gasteiger partial charge < -0.3 is 10.1 Å². The van der Waals surface area contributed by atoms with Crippen LogP contribution in [0.15, 0.2) is 48.5 Å². The molecule has 5 heteroatoms. The number of amides is 1. The maximum absolute atomic E-state index is 12.1. The smallest absolute Gasteiger partial charge is 0.251 e. The van der Waals surface area contributed by atoms with Gasteiger partial charge >= 0.3 is 0 Å². The Morgan fingerprint density at radius 2 is 1.92 bits per heavy atom. The van der Waals surface area contributed by atoms with Crippen LogP contribution in [0.1, 0.15) is 29.3 Å². The third-order valence-corrected chi connectivity index (χ3v) is 4.71. The molecule has 0 spiro atoms. The van der Waals surface area contributed by atoms with E-state index in [0.717, 1.165) is 34.3 Å². The first-order valence-corrected chi connectivity index (χ1v) is 9.56. The van der Waals surface area contributed by atoms with Crippen LogP contribution in [0, 0.1) is 0 Å². The van der Waals surface area contributed by atoms with Crippen LogP contribution in [0.25, 0.3) is 0 Å². The van der Waals surface area contributed by atoms with E-state index >= 15 is 0 Å². The number of carbonyl (C=O) groups is 1. The number of ether oxygens (including phenoxy) is 1. The Morgan fingerprint density at radius 3 is 2.62 bits per heavy atom. The lowest BCUT2D eigenvalue weighted by Gasteiger charge is -2.08. The molecule has 0 aromatic heterocycles. The summed E-state index contributed by atoms with van der Waals surface area (Å²) in [5.74, 6) is 2.42. The summed E-state index contributed by atoms with van der Waals surface area (Å²) in [7, 11) is 0. The van der Waals surface area contributed by atoms with Gasteiger partial charge in [-0.25, -0.2) is 0 Å². The van der Waals surface area contributed by atoms with E-state index in [1.165, 1.54) is 0 Å². The molecule has 0 aliphatic rings. The average molecular weight is 364 g/mol. The lowest BCUT2D eigenvalue weighted by atomic mass is 10.2. The zero-order chi connectivity index (χ0) is 17.2. The highest BCUT2D eigenvalue weighted by Crippen LogP contribution is 2.20. The summed E-state index contributed by atoms with van der Waals surface area (Å²) in [5, 5.41) is 3.72. The van der Waals surface area contributed by atoms with Crippen LogP contribution in [-0.2, 0) is 5.75 Å². The third-order valence-electron chi connectivity index (χ3n) is 3.34. The van der Waals surface area contributed by atoms with Gasteiger partial charge in [0.2, 0.25) is 0 Å². The molecule has 0 heterocycles. The molecule has 0 unspecified atom stereocenters. The number of carbonyl (C=O) groups excluding carboxylic acids is 1. The van der Waals surface area contributed by atoms with Crippen molar-refractivity contribution in [3.63, 3.8) is 0 Å². The van der Waals surface area contributed by atoms with Gasteiger partial charge in [-0.15, -0.1) is 0 Å². The van der Waals surface area contributed by atoms with Gasteiger partial charge in [0.25, 0.3) is 5.91 Å². The highest BCUT2D eigenvalue weighted by atomic mass is 35.5. The van der Waals surface area contributed by atoms with Crippen molar-refractivity contribution in [2.45, 2.75) is 19.1 Å². The minimum atomic E-state index is -0.0598. The van der Waals surface area contributed by atoms with Gasteiger partial charge in [0.15, 0.2) is 0 Å². The third kappa shape index (κ3) is 6.10. The first kappa shape index (κ1) is 18.7. The quantitative estimate of drug-likeness (QED) is 0.651. The number of thioether (sulfide) groups is 1. The Balaban J connectivity index is 1.68. The van der Waals surface area contributed by atoms with Crippen LogP contribution in [0.3, 0.4) is 0 Å². The molecule has 0 aliphatic carbocycles. The summed E-state index contributed by atoms with van der Waals surface area (Å²) in [6, 6.07) is 15.1. The number of hydrogen-bond donors (Lipinski definition) is 1. The predicted octanol–water partition coefficient (Wildman–Crippen LogP) is 4.79. The predicted molar refractivity (Wildman–Crippen MR) is 102 cm³/mol. The first-order chi connectivity index (χ1) is 11.7. The molecule has 128 valence electrons. The average Bonchev–Trinajstić information content (AvgIpc) is 2.61. The summed E-state index contributed by atoms with van der Waals surface area (Å²) in [6.07, 6.45) is 0.966. The topological polar surface area (TPSA) is 38.3 Å². The SMILES string of the molecule is CCCOc1ccc(C(=O)NCCSCc2ccccc2Cl)cc1. The Bertz CT molecular complexity index is 646. The summed E-state index contributed by atoms with van der Waals surface area (Å²) >= 11 is 7.87. The second-order valence-corrected chi connectivity index (χ2v) is 6.79.